The number of aryl methyl sites for hydroxylation is 2. The lowest BCUT2D eigenvalue weighted by Crippen LogP contribution is -2.52. The maximum Gasteiger partial charge on any atom is 0.243 e. The smallest absolute Gasteiger partial charge is 0.243 e. The van der Waals surface area contributed by atoms with Crippen LogP contribution in [0.15, 0.2) is 53.9 Å². The van der Waals surface area contributed by atoms with Gasteiger partial charge in [-0.2, -0.15) is 0 Å². The maximum absolute atomic E-state index is 12.8. The summed E-state index contributed by atoms with van der Waals surface area (Å²) in [7, 11) is 0. The number of nitrogens with one attached hydrogen (secondary N) is 1. The number of piperazine rings is 1. The molecule has 1 aliphatic heterocycles. The Bertz CT molecular complexity index is 1020. The number of anilines is 2. The summed E-state index contributed by atoms with van der Waals surface area (Å²) in [6.45, 7) is 9.76. The summed E-state index contributed by atoms with van der Waals surface area (Å²) in [4.78, 5) is 22.1. The molecule has 1 N–H and O–H groups in total. The van der Waals surface area contributed by atoms with Crippen LogP contribution in [-0.2, 0) is 4.79 Å². The van der Waals surface area contributed by atoms with Crippen LogP contribution in [0.5, 0.6) is 0 Å². The Labute approximate surface area is 182 Å². The van der Waals surface area contributed by atoms with Crippen LogP contribution in [0.1, 0.15) is 18.1 Å². The van der Waals surface area contributed by atoms with Gasteiger partial charge in [0, 0.05) is 42.8 Å². The van der Waals surface area contributed by atoms with Gasteiger partial charge in [0.05, 0.1) is 11.7 Å². The van der Waals surface area contributed by atoms with E-state index in [1.54, 1.807) is 0 Å². The van der Waals surface area contributed by atoms with Crippen LogP contribution in [0.2, 0.25) is 0 Å². The van der Waals surface area contributed by atoms with E-state index in [9.17, 15) is 4.79 Å². The van der Waals surface area contributed by atoms with E-state index in [1.165, 1.54) is 28.2 Å². The second-order valence-corrected chi connectivity index (χ2v) is 8.79. The van der Waals surface area contributed by atoms with Crippen LogP contribution >= 0.6 is 11.3 Å². The molecule has 0 radical (unpaired) electrons. The van der Waals surface area contributed by atoms with Gasteiger partial charge in [0.1, 0.15) is 0 Å². The van der Waals surface area contributed by atoms with Gasteiger partial charge in [0.2, 0.25) is 5.91 Å². The molecule has 6 heteroatoms. The van der Waals surface area contributed by atoms with Crippen LogP contribution in [0.4, 0.5) is 10.8 Å². The van der Waals surface area contributed by atoms with Crippen molar-refractivity contribution in [2.24, 2.45) is 0 Å². The van der Waals surface area contributed by atoms with E-state index in [2.05, 4.69) is 70.3 Å². The maximum atomic E-state index is 12.8. The number of benzene rings is 2. The van der Waals surface area contributed by atoms with E-state index in [1.807, 2.05) is 24.4 Å². The second-order valence-electron chi connectivity index (χ2n) is 7.93. The van der Waals surface area contributed by atoms with Crippen molar-refractivity contribution in [3.8, 4) is 11.3 Å². The van der Waals surface area contributed by atoms with Gasteiger partial charge in [-0.15, -0.1) is 11.3 Å². The van der Waals surface area contributed by atoms with Crippen LogP contribution in [-0.4, -0.2) is 48.0 Å². The minimum absolute atomic E-state index is 0.00384. The summed E-state index contributed by atoms with van der Waals surface area (Å²) in [6, 6.07) is 16.7. The zero-order valence-corrected chi connectivity index (χ0v) is 18.6. The molecule has 1 amide bonds. The molecule has 2 aromatic carbocycles. The van der Waals surface area contributed by atoms with E-state index < -0.39 is 0 Å². The highest BCUT2D eigenvalue weighted by atomic mass is 32.1. The predicted molar refractivity (Wildman–Crippen MR) is 125 cm³/mol. The van der Waals surface area contributed by atoms with Gasteiger partial charge in [0.25, 0.3) is 0 Å². The van der Waals surface area contributed by atoms with E-state index >= 15 is 0 Å². The Hall–Kier alpha value is -2.70. The van der Waals surface area contributed by atoms with Crippen LogP contribution in [0, 0.1) is 13.8 Å². The van der Waals surface area contributed by atoms with E-state index in [-0.39, 0.29) is 11.9 Å². The molecule has 156 valence electrons. The quantitative estimate of drug-likeness (QED) is 0.657. The van der Waals surface area contributed by atoms with Crippen molar-refractivity contribution in [3.05, 3.63) is 65.0 Å². The Kier molecular flexibility index (Phi) is 6.16. The van der Waals surface area contributed by atoms with Crippen LogP contribution in [0.3, 0.4) is 0 Å². The van der Waals surface area contributed by atoms with Crippen molar-refractivity contribution in [2.45, 2.75) is 26.8 Å². The molecule has 3 aromatic rings. The SMILES string of the molecule is Cc1cccc(-c2csc(NC(=O)C(C)N3CCN(c4cccc(C)c4)CC3)n2)c1. The van der Waals surface area contributed by atoms with Crippen LogP contribution < -0.4 is 10.2 Å². The standard InChI is InChI=1S/C24H28N4OS/c1-17-6-4-8-20(14-17)22-16-30-24(25-22)26-23(29)19(3)27-10-12-28(13-11-27)21-9-5-7-18(2)15-21/h4-9,14-16,19H,10-13H2,1-3H3,(H,25,26,29). The second kappa shape index (κ2) is 8.98. The lowest BCUT2D eigenvalue weighted by atomic mass is 10.1. The lowest BCUT2D eigenvalue weighted by molar-refractivity contribution is -0.120. The number of nitrogens with zero attached hydrogens (tertiary/aromatic N) is 3. The molecule has 0 saturated carbocycles. The van der Waals surface area contributed by atoms with Gasteiger partial charge in [-0.1, -0.05) is 35.9 Å². The largest absolute Gasteiger partial charge is 0.369 e. The predicted octanol–water partition coefficient (Wildman–Crippen LogP) is 4.58. The molecular formula is C24H28N4OS. The number of hydrogen-bond donors (Lipinski definition) is 1. The third-order valence-electron chi connectivity index (χ3n) is 5.66. The van der Waals surface area contributed by atoms with Crippen molar-refractivity contribution < 1.29 is 4.79 Å². The van der Waals surface area contributed by atoms with E-state index in [0.29, 0.717) is 5.13 Å². The third kappa shape index (κ3) is 4.71. The van der Waals surface area contributed by atoms with Gasteiger partial charge >= 0.3 is 0 Å². The lowest BCUT2D eigenvalue weighted by Gasteiger charge is -2.38. The number of thiazole rings is 1. The highest BCUT2D eigenvalue weighted by Crippen LogP contribution is 2.26. The molecule has 1 aromatic heterocycles. The first kappa shape index (κ1) is 20.6. The first-order chi connectivity index (χ1) is 14.5. The molecule has 0 aliphatic carbocycles. The van der Waals surface area contributed by atoms with Gasteiger partial charge in [0.15, 0.2) is 5.13 Å². The summed E-state index contributed by atoms with van der Waals surface area (Å²) in [6.07, 6.45) is 0. The van der Waals surface area contributed by atoms with Crippen LogP contribution in [0.25, 0.3) is 11.3 Å². The molecule has 1 saturated heterocycles. The summed E-state index contributed by atoms with van der Waals surface area (Å²) in [5.41, 5.74) is 5.71. The summed E-state index contributed by atoms with van der Waals surface area (Å²) in [5.74, 6) is 0.00384. The Balaban J connectivity index is 1.33. The zero-order valence-electron chi connectivity index (χ0n) is 17.8. The number of hydrogen-bond acceptors (Lipinski definition) is 5. The first-order valence-corrected chi connectivity index (χ1v) is 11.3. The molecule has 0 bridgehead atoms. The molecule has 1 aliphatic rings. The molecule has 5 nitrogen and oxygen atoms in total. The Morgan fingerprint density at radius 3 is 2.43 bits per heavy atom. The highest BCUT2D eigenvalue weighted by molar-refractivity contribution is 7.14. The number of aromatic nitrogens is 1. The summed E-state index contributed by atoms with van der Waals surface area (Å²) < 4.78 is 0. The summed E-state index contributed by atoms with van der Waals surface area (Å²) >= 11 is 1.47. The fraction of sp³-hybridized carbons (Fsp3) is 0.333. The fourth-order valence-corrected chi connectivity index (χ4v) is 4.56. The van der Waals surface area contributed by atoms with Crippen molar-refractivity contribution >= 4 is 28.1 Å². The fourth-order valence-electron chi connectivity index (χ4n) is 3.84. The van der Waals surface area contributed by atoms with Crippen molar-refractivity contribution in [1.82, 2.24) is 9.88 Å². The molecule has 1 atom stereocenters. The minimum Gasteiger partial charge on any atom is -0.369 e. The highest BCUT2D eigenvalue weighted by Gasteiger charge is 2.26. The van der Waals surface area contributed by atoms with Gasteiger partial charge in [-0.05, 0) is 44.5 Å². The average Bonchev–Trinajstić information content (AvgIpc) is 3.22. The molecule has 2 heterocycles. The van der Waals surface area contributed by atoms with Gasteiger partial charge in [-0.3, -0.25) is 9.69 Å². The van der Waals surface area contributed by atoms with Crippen molar-refractivity contribution in [2.75, 3.05) is 36.4 Å². The Morgan fingerprint density at radius 2 is 1.73 bits per heavy atom. The molecule has 0 spiro atoms. The Morgan fingerprint density at radius 1 is 1.03 bits per heavy atom. The molecule has 1 unspecified atom stereocenters. The number of carbonyl (C=O) groups excluding carboxylic acids is 1. The molecular weight excluding hydrogens is 392 g/mol. The number of rotatable bonds is 5. The van der Waals surface area contributed by atoms with Gasteiger partial charge in [-0.25, -0.2) is 4.98 Å². The first-order valence-electron chi connectivity index (χ1n) is 10.4. The topological polar surface area (TPSA) is 48.5 Å². The third-order valence-corrected chi connectivity index (χ3v) is 6.41. The van der Waals surface area contributed by atoms with E-state index in [4.69, 9.17) is 0 Å². The molecule has 4 rings (SSSR count). The number of amides is 1. The molecule has 1 fully saturated rings. The monoisotopic (exact) mass is 420 g/mol. The average molecular weight is 421 g/mol. The molecule has 30 heavy (non-hydrogen) atoms. The normalized spacial score (nSPS) is 15.8. The minimum atomic E-state index is -0.184. The van der Waals surface area contributed by atoms with E-state index in [0.717, 1.165) is 37.4 Å². The van der Waals surface area contributed by atoms with Crippen molar-refractivity contribution in [3.63, 3.8) is 0 Å². The van der Waals surface area contributed by atoms with Gasteiger partial charge < -0.3 is 10.2 Å². The number of carbonyl (C=O) groups is 1. The van der Waals surface area contributed by atoms with Crippen molar-refractivity contribution in [1.29, 1.82) is 0 Å². The zero-order chi connectivity index (χ0) is 21.1. The summed E-state index contributed by atoms with van der Waals surface area (Å²) in [5, 5.41) is 5.66.